The van der Waals surface area contributed by atoms with Gasteiger partial charge in [-0.3, -0.25) is 0 Å². The van der Waals surface area contributed by atoms with Crippen molar-refractivity contribution in [1.29, 1.82) is 0 Å². The van der Waals surface area contributed by atoms with E-state index in [-0.39, 0.29) is 0 Å². The zero-order valence-electron chi connectivity index (χ0n) is 14.4. The monoisotopic (exact) mass is 335 g/mol. The molecule has 3 aromatic rings. The molecule has 0 radical (unpaired) electrons. The summed E-state index contributed by atoms with van der Waals surface area (Å²) in [6, 6.07) is 19.2. The SMILES string of the molecule is CC[n+]1c(-c2ccccc2)csc1C=Cc1ccc(N(C)C)cc1. The number of hydrogen-bond donors (Lipinski definition) is 0. The Morgan fingerprint density at radius 3 is 2.29 bits per heavy atom. The summed E-state index contributed by atoms with van der Waals surface area (Å²) in [7, 11) is 4.12. The van der Waals surface area contributed by atoms with E-state index in [1.165, 1.54) is 27.5 Å². The zero-order valence-corrected chi connectivity index (χ0v) is 15.3. The molecule has 3 rings (SSSR count). The fraction of sp³-hybridized carbons (Fsp3) is 0.190. The van der Waals surface area contributed by atoms with Gasteiger partial charge in [0.25, 0.3) is 5.01 Å². The molecular formula is C21H23N2S+. The van der Waals surface area contributed by atoms with Crippen LogP contribution in [0.3, 0.4) is 0 Å². The van der Waals surface area contributed by atoms with Crippen LogP contribution in [0.25, 0.3) is 23.4 Å². The number of hydrogen-bond acceptors (Lipinski definition) is 2. The van der Waals surface area contributed by atoms with E-state index in [1.807, 2.05) is 0 Å². The maximum atomic E-state index is 2.37. The lowest BCUT2D eigenvalue weighted by atomic mass is 10.1. The van der Waals surface area contributed by atoms with E-state index in [9.17, 15) is 0 Å². The van der Waals surface area contributed by atoms with Crippen molar-refractivity contribution in [2.75, 3.05) is 19.0 Å². The molecule has 24 heavy (non-hydrogen) atoms. The molecule has 0 amide bonds. The Labute approximate surface area is 148 Å². The molecule has 2 aromatic carbocycles. The lowest BCUT2D eigenvalue weighted by Crippen LogP contribution is -2.35. The van der Waals surface area contributed by atoms with Gasteiger partial charge in [-0.2, -0.15) is 4.57 Å². The standard InChI is InChI=1S/C21H23N2S/c1-4-23-20(18-8-6-5-7-9-18)16-24-21(23)15-12-17-10-13-19(14-11-17)22(2)3/h5-16H,4H2,1-3H3/q+1. The largest absolute Gasteiger partial charge is 0.378 e. The van der Waals surface area contributed by atoms with Gasteiger partial charge in [0.2, 0.25) is 5.69 Å². The summed E-state index contributed by atoms with van der Waals surface area (Å²) in [4.78, 5) is 2.12. The third-order valence-corrected chi connectivity index (χ3v) is 5.00. The molecule has 2 nitrogen and oxygen atoms in total. The molecule has 0 aliphatic carbocycles. The molecule has 0 saturated heterocycles. The number of rotatable bonds is 5. The molecule has 0 aliphatic rings. The van der Waals surface area contributed by atoms with Gasteiger partial charge in [-0.15, -0.1) is 0 Å². The molecule has 0 unspecified atom stereocenters. The minimum atomic E-state index is 0.965. The second kappa shape index (κ2) is 7.45. The molecule has 3 heteroatoms. The average Bonchev–Trinajstić information content (AvgIpc) is 3.04. The number of thiazole rings is 1. The van der Waals surface area contributed by atoms with Gasteiger partial charge in [0.05, 0.1) is 5.38 Å². The lowest BCUT2D eigenvalue weighted by Gasteiger charge is -2.11. The third-order valence-electron chi connectivity index (χ3n) is 4.06. The molecule has 1 heterocycles. The zero-order chi connectivity index (χ0) is 16.9. The predicted octanol–water partition coefficient (Wildman–Crippen LogP) is 4.96. The van der Waals surface area contributed by atoms with Crippen molar-refractivity contribution in [2.45, 2.75) is 13.5 Å². The van der Waals surface area contributed by atoms with E-state index in [0.29, 0.717) is 0 Å². The molecule has 0 fully saturated rings. The van der Waals surface area contributed by atoms with Crippen molar-refractivity contribution in [3.63, 3.8) is 0 Å². The fourth-order valence-corrected chi connectivity index (χ4v) is 3.70. The van der Waals surface area contributed by atoms with Crippen molar-refractivity contribution in [2.24, 2.45) is 0 Å². The van der Waals surface area contributed by atoms with Crippen LogP contribution < -0.4 is 9.47 Å². The van der Waals surface area contributed by atoms with Crippen LogP contribution in [0.4, 0.5) is 5.69 Å². The third kappa shape index (κ3) is 3.57. The highest BCUT2D eigenvalue weighted by molar-refractivity contribution is 7.10. The number of aromatic nitrogens is 1. The topological polar surface area (TPSA) is 7.12 Å². The van der Waals surface area contributed by atoms with Crippen LogP contribution in [-0.2, 0) is 6.54 Å². The summed E-state index contributed by atoms with van der Waals surface area (Å²) in [5.41, 5.74) is 4.99. The minimum absolute atomic E-state index is 0.965. The van der Waals surface area contributed by atoms with Crippen LogP contribution in [0.2, 0.25) is 0 Å². The molecule has 0 N–H and O–H groups in total. The van der Waals surface area contributed by atoms with E-state index in [1.54, 1.807) is 11.3 Å². The van der Waals surface area contributed by atoms with Crippen molar-refractivity contribution in [1.82, 2.24) is 0 Å². The van der Waals surface area contributed by atoms with Crippen molar-refractivity contribution >= 4 is 29.2 Å². The normalized spacial score (nSPS) is 11.1. The summed E-state index contributed by atoms with van der Waals surface area (Å²) in [6.07, 6.45) is 4.40. The van der Waals surface area contributed by atoms with Gasteiger partial charge >= 0.3 is 0 Å². The van der Waals surface area contributed by atoms with Crippen molar-refractivity contribution in [3.8, 4) is 11.3 Å². The summed E-state index contributed by atoms with van der Waals surface area (Å²) >= 11 is 1.79. The lowest BCUT2D eigenvalue weighted by molar-refractivity contribution is -0.679. The van der Waals surface area contributed by atoms with E-state index in [2.05, 4.69) is 103 Å². The Morgan fingerprint density at radius 1 is 0.958 bits per heavy atom. The van der Waals surface area contributed by atoms with Gasteiger partial charge in [0, 0.05) is 31.4 Å². The fourth-order valence-electron chi connectivity index (χ4n) is 2.70. The van der Waals surface area contributed by atoms with E-state index in [4.69, 9.17) is 0 Å². The van der Waals surface area contributed by atoms with Gasteiger partial charge in [0.15, 0.2) is 0 Å². The van der Waals surface area contributed by atoms with Crippen LogP contribution in [0.5, 0.6) is 0 Å². The van der Waals surface area contributed by atoms with E-state index < -0.39 is 0 Å². The van der Waals surface area contributed by atoms with Gasteiger partial charge in [0.1, 0.15) is 6.54 Å². The molecule has 1 aromatic heterocycles. The Morgan fingerprint density at radius 2 is 1.67 bits per heavy atom. The highest BCUT2D eigenvalue weighted by Gasteiger charge is 2.17. The number of anilines is 1. The van der Waals surface area contributed by atoms with Crippen LogP contribution in [0.1, 0.15) is 17.5 Å². The quantitative estimate of drug-likeness (QED) is 0.598. The molecule has 0 spiro atoms. The van der Waals surface area contributed by atoms with Gasteiger partial charge in [-0.1, -0.05) is 41.7 Å². The molecule has 0 aliphatic heterocycles. The predicted molar refractivity (Wildman–Crippen MR) is 105 cm³/mol. The Balaban J connectivity index is 1.86. The Kier molecular flexibility index (Phi) is 5.11. The Hall–Kier alpha value is -2.39. The average molecular weight is 335 g/mol. The Bertz CT molecular complexity index is 815. The van der Waals surface area contributed by atoms with Gasteiger partial charge < -0.3 is 4.90 Å². The van der Waals surface area contributed by atoms with Crippen molar-refractivity contribution < 1.29 is 4.57 Å². The summed E-state index contributed by atoms with van der Waals surface area (Å²) in [5, 5.41) is 3.52. The molecule has 0 atom stereocenters. The first kappa shape index (κ1) is 16.5. The summed E-state index contributed by atoms with van der Waals surface area (Å²) in [5.74, 6) is 0. The minimum Gasteiger partial charge on any atom is -0.378 e. The smallest absolute Gasteiger partial charge is 0.262 e. The second-order valence-corrected chi connectivity index (χ2v) is 6.78. The first-order valence-electron chi connectivity index (χ1n) is 8.21. The van der Waals surface area contributed by atoms with Crippen LogP contribution in [-0.4, -0.2) is 14.1 Å². The second-order valence-electron chi connectivity index (χ2n) is 5.89. The molecule has 122 valence electrons. The van der Waals surface area contributed by atoms with Gasteiger partial charge in [-0.05, 0) is 42.8 Å². The maximum Gasteiger partial charge on any atom is 0.262 e. The molecular weight excluding hydrogens is 312 g/mol. The van der Waals surface area contributed by atoms with E-state index in [0.717, 1.165) is 6.54 Å². The van der Waals surface area contributed by atoms with Crippen LogP contribution in [0.15, 0.2) is 60.0 Å². The highest BCUT2D eigenvalue weighted by atomic mass is 32.1. The summed E-state index contributed by atoms with van der Waals surface area (Å²) in [6.45, 7) is 3.16. The van der Waals surface area contributed by atoms with E-state index >= 15 is 0 Å². The molecule has 0 saturated carbocycles. The van der Waals surface area contributed by atoms with Crippen molar-refractivity contribution in [3.05, 3.63) is 70.5 Å². The van der Waals surface area contributed by atoms with Gasteiger partial charge in [-0.25, -0.2) is 0 Å². The summed E-state index contributed by atoms with van der Waals surface area (Å²) < 4.78 is 2.37. The first-order valence-corrected chi connectivity index (χ1v) is 9.09. The van der Waals surface area contributed by atoms with Crippen LogP contribution in [0, 0.1) is 0 Å². The molecule has 0 bridgehead atoms. The first-order chi connectivity index (χ1) is 11.7. The number of benzene rings is 2. The number of nitrogens with zero attached hydrogens (tertiary/aromatic N) is 2. The van der Waals surface area contributed by atoms with Crippen LogP contribution >= 0.6 is 11.3 Å². The maximum absolute atomic E-state index is 2.37. The highest BCUT2D eigenvalue weighted by Crippen LogP contribution is 2.22.